The summed E-state index contributed by atoms with van der Waals surface area (Å²) in [4.78, 5) is 26.9. The third-order valence-corrected chi connectivity index (χ3v) is 5.83. The average molecular weight is 363 g/mol. The zero-order chi connectivity index (χ0) is 17.4. The predicted octanol–water partition coefficient (Wildman–Crippen LogP) is 2.12. The van der Waals surface area contributed by atoms with Gasteiger partial charge in [-0.05, 0) is 31.0 Å². The van der Waals surface area contributed by atoms with Crippen molar-refractivity contribution in [3.8, 4) is 0 Å². The number of fused-ring (bicyclic) bond motifs is 1. The molecular weight excluding hydrogens is 340 g/mol. The number of halogens is 1. The lowest BCUT2D eigenvalue weighted by molar-refractivity contribution is -0.131. The van der Waals surface area contributed by atoms with Gasteiger partial charge in [-0.25, -0.2) is 5.43 Å². The van der Waals surface area contributed by atoms with Crippen LogP contribution in [-0.4, -0.2) is 35.5 Å². The number of nitrogens with zero attached hydrogens (tertiary/aromatic N) is 1. The Labute approximate surface area is 152 Å². The van der Waals surface area contributed by atoms with Crippen LogP contribution >= 0.6 is 11.6 Å². The van der Waals surface area contributed by atoms with Crippen LogP contribution in [0.25, 0.3) is 0 Å². The Morgan fingerprint density at radius 2 is 2.08 bits per heavy atom. The highest BCUT2D eigenvalue weighted by Gasteiger charge is 2.46. The molecule has 25 heavy (non-hydrogen) atoms. The van der Waals surface area contributed by atoms with Gasteiger partial charge in [-0.1, -0.05) is 30.5 Å². The Morgan fingerprint density at radius 1 is 1.24 bits per heavy atom. The van der Waals surface area contributed by atoms with E-state index >= 15 is 0 Å². The second-order valence-corrected chi connectivity index (χ2v) is 7.67. The first-order chi connectivity index (χ1) is 12.1. The first-order valence-electron chi connectivity index (χ1n) is 8.99. The summed E-state index contributed by atoms with van der Waals surface area (Å²) in [6, 6.07) is 7.50. The molecular formula is C18H23ClN4O2. The lowest BCUT2D eigenvalue weighted by Crippen LogP contribution is -2.48. The number of carbonyl (C=O) groups excluding carboxylic acids is 2. The number of carbonyl (C=O) groups is 2. The number of amides is 2. The van der Waals surface area contributed by atoms with E-state index in [1.807, 2.05) is 4.90 Å². The molecule has 4 atom stereocenters. The summed E-state index contributed by atoms with van der Waals surface area (Å²) < 4.78 is 0. The van der Waals surface area contributed by atoms with Crippen LogP contribution in [0.2, 0.25) is 5.02 Å². The number of nitrogens with one attached hydrogen (secondary N) is 3. The van der Waals surface area contributed by atoms with E-state index in [2.05, 4.69) is 16.2 Å². The van der Waals surface area contributed by atoms with E-state index in [1.165, 1.54) is 12.8 Å². The van der Waals surface area contributed by atoms with Gasteiger partial charge in [0.2, 0.25) is 11.8 Å². The molecule has 2 aliphatic heterocycles. The van der Waals surface area contributed by atoms with Crippen molar-refractivity contribution < 1.29 is 9.59 Å². The summed E-state index contributed by atoms with van der Waals surface area (Å²) in [6.07, 6.45) is 4.99. The molecule has 0 radical (unpaired) electrons. The zero-order valence-electron chi connectivity index (χ0n) is 14.0. The summed E-state index contributed by atoms with van der Waals surface area (Å²) in [5, 5.41) is 3.45. The number of hydrogen-bond donors (Lipinski definition) is 3. The molecule has 6 nitrogen and oxygen atoms in total. The highest BCUT2D eigenvalue weighted by molar-refractivity contribution is 6.30. The summed E-state index contributed by atoms with van der Waals surface area (Å²) in [5.74, 6) is 0.0457. The molecule has 2 saturated heterocycles. The Hall–Kier alpha value is -1.63. The van der Waals surface area contributed by atoms with Crippen LogP contribution in [0.4, 0.5) is 5.69 Å². The van der Waals surface area contributed by atoms with Gasteiger partial charge in [0, 0.05) is 35.6 Å². The maximum Gasteiger partial charge on any atom is 0.229 e. The fourth-order valence-electron chi connectivity index (χ4n) is 4.31. The molecule has 3 fully saturated rings. The van der Waals surface area contributed by atoms with Gasteiger partial charge in [0.25, 0.3) is 0 Å². The van der Waals surface area contributed by atoms with Crippen LogP contribution in [0.3, 0.4) is 0 Å². The van der Waals surface area contributed by atoms with Gasteiger partial charge >= 0.3 is 0 Å². The predicted molar refractivity (Wildman–Crippen MR) is 95.7 cm³/mol. The normalized spacial score (nSPS) is 31.9. The molecule has 1 aliphatic carbocycles. The van der Waals surface area contributed by atoms with E-state index < -0.39 is 0 Å². The Bertz CT molecular complexity index is 683. The fraction of sp³-hybridized carbons (Fsp3) is 0.556. The number of benzene rings is 1. The number of hydrogen-bond acceptors (Lipinski definition) is 4. The summed E-state index contributed by atoms with van der Waals surface area (Å²) >= 11 is 5.96. The lowest BCUT2D eigenvalue weighted by atomic mass is 9.84. The molecule has 4 rings (SSSR count). The number of rotatable bonds is 3. The quantitative estimate of drug-likeness (QED) is 0.770. The van der Waals surface area contributed by atoms with E-state index in [1.54, 1.807) is 24.3 Å². The maximum absolute atomic E-state index is 12.5. The monoisotopic (exact) mass is 362 g/mol. The third-order valence-electron chi connectivity index (χ3n) is 5.60. The van der Waals surface area contributed by atoms with Crippen LogP contribution in [-0.2, 0) is 9.59 Å². The van der Waals surface area contributed by atoms with Crippen molar-refractivity contribution in [3.05, 3.63) is 29.3 Å². The molecule has 0 aromatic heterocycles. The molecule has 1 saturated carbocycles. The van der Waals surface area contributed by atoms with Gasteiger partial charge < -0.3 is 10.2 Å². The van der Waals surface area contributed by atoms with Crippen molar-refractivity contribution in [1.82, 2.24) is 15.8 Å². The zero-order valence-corrected chi connectivity index (χ0v) is 14.8. The average Bonchev–Trinajstić information content (AvgIpc) is 3.18. The molecule has 4 unspecified atom stereocenters. The number of hydrazine groups is 1. The first kappa shape index (κ1) is 16.8. The minimum absolute atomic E-state index is 0.00164. The van der Waals surface area contributed by atoms with E-state index in [-0.39, 0.29) is 30.3 Å². The largest absolute Gasteiger partial charge is 0.326 e. The minimum Gasteiger partial charge on any atom is -0.326 e. The highest BCUT2D eigenvalue weighted by atomic mass is 35.5. The fourth-order valence-corrected chi connectivity index (χ4v) is 4.50. The molecule has 0 bridgehead atoms. The molecule has 3 N–H and O–H groups in total. The first-order valence-corrected chi connectivity index (χ1v) is 9.36. The molecule has 3 aliphatic rings. The molecule has 134 valence electrons. The van der Waals surface area contributed by atoms with E-state index in [9.17, 15) is 9.59 Å². The van der Waals surface area contributed by atoms with Crippen LogP contribution < -0.4 is 16.2 Å². The summed E-state index contributed by atoms with van der Waals surface area (Å²) in [5.41, 5.74) is 7.29. The minimum atomic E-state index is -0.323. The summed E-state index contributed by atoms with van der Waals surface area (Å²) in [7, 11) is 0. The van der Waals surface area contributed by atoms with Gasteiger partial charge in [-0.15, -0.1) is 0 Å². The van der Waals surface area contributed by atoms with E-state index in [4.69, 9.17) is 11.6 Å². The molecule has 2 amide bonds. The van der Waals surface area contributed by atoms with E-state index in [0.29, 0.717) is 29.2 Å². The smallest absolute Gasteiger partial charge is 0.229 e. The topological polar surface area (TPSA) is 73.5 Å². The number of anilines is 1. The van der Waals surface area contributed by atoms with Crippen LogP contribution in [0, 0.1) is 11.8 Å². The number of likely N-dealkylation sites (tertiary alicyclic amines) is 1. The van der Waals surface area contributed by atoms with E-state index in [0.717, 1.165) is 12.8 Å². The van der Waals surface area contributed by atoms with Crippen molar-refractivity contribution >= 4 is 29.1 Å². The highest BCUT2D eigenvalue weighted by Crippen LogP contribution is 2.34. The Morgan fingerprint density at radius 3 is 2.92 bits per heavy atom. The Kier molecular flexibility index (Phi) is 4.67. The van der Waals surface area contributed by atoms with Crippen molar-refractivity contribution in [2.45, 2.75) is 44.3 Å². The SMILES string of the molecule is O=C(Nc1cccc(Cl)c1)C1CC(=O)N(C2NNC3CCCCC32)C1. The van der Waals surface area contributed by atoms with Gasteiger partial charge in [0.05, 0.1) is 12.1 Å². The van der Waals surface area contributed by atoms with Crippen molar-refractivity contribution in [2.24, 2.45) is 11.8 Å². The van der Waals surface area contributed by atoms with Gasteiger partial charge in [-0.2, -0.15) is 0 Å². The van der Waals surface area contributed by atoms with Crippen LogP contribution in [0.5, 0.6) is 0 Å². The van der Waals surface area contributed by atoms with Crippen molar-refractivity contribution in [2.75, 3.05) is 11.9 Å². The molecule has 1 aromatic carbocycles. The van der Waals surface area contributed by atoms with Crippen LogP contribution in [0.15, 0.2) is 24.3 Å². The molecule has 1 aromatic rings. The Balaban J connectivity index is 1.41. The third kappa shape index (κ3) is 3.38. The van der Waals surface area contributed by atoms with Crippen molar-refractivity contribution in [1.29, 1.82) is 0 Å². The second-order valence-electron chi connectivity index (χ2n) is 7.24. The van der Waals surface area contributed by atoms with Gasteiger partial charge in [-0.3, -0.25) is 15.0 Å². The lowest BCUT2D eigenvalue weighted by Gasteiger charge is -2.32. The molecule has 7 heteroatoms. The maximum atomic E-state index is 12.5. The summed E-state index contributed by atoms with van der Waals surface area (Å²) in [6.45, 7) is 0.466. The molecule has 2 heterocycles. The standard InChI is InChI=1S/C18H23ClN4O2/c19-12-4-3-5-13(9-12)20-18(25)11-8-16(24)23(10-11)17-14-6-1-2-7-15(14)21-22-17/h3-5,9,11,14-15,17,21-22H,1-2,6-8,10H2,(H,20,25). The van der Waals surface area contributed by atoms with Gasteiger partial charge in [0.15, 0.2) is 0 Å². The van der Waals surface area contributed by atoms with Crippen molar-refractivity contribution in [3.63, 3.8) is 0 Å². The van der Waals surface area contributed by atoms with Crippen LogP contribution in [0.1, 0.15) is 32.1 Å². The van der Waals surface area contributed by atoms with Gasteiger partial charge in [0.1, 0.15) is 0 Å². The second kappa shape index (κ2) is 6.94. The molecule has 0 spiro atoms.